The normalized spacial score (nSPS) is 12.3. The maximum absolute atomic E-state index is 13.0. The van der Waals surface area contributed by atoms with Crippen LogP contribution in [-0.2, 0) is 7.05 Å². The maximum Gasteiger partial charge on any atom is 0.253 e. The van der Waals surface area contributed by atoms with Crippen molar-refractivity contribution in [1.29, 1.82) is 0 Å². The molecule has 4 rings (SSSR count). The highest BCUT2D eigenvalue weighted by Gasteiger charge is 2.17. The lowest BCUT2D eigenvalue weighted by molar-refractivity contribution is 0.0941. The van der Waals surface area contributed by atoms with Crippen LogP contribution in [0, 0.1) is 6.92 Å². The number of hydrogen-bond donors (Lipinski definition) is 2. The van der Waals surface area contributed by atoms with Gasteiger partial charge in [0.1, 0.15) is 0 Å². The number of H-pyrrole nitrogens is 1. The van der Waals surface area contributed by atoms with Crippen molar-refractivity contribution in [2.24, 2.45) is 7.05 Å². The van der Waals surface area contributed by atoms with E-state index in [4.69, 9.17) is 0 Å². The molecule has 0 radical (unpaired) electrons. The monoisotopic (exact) mass is 358 g/mol. The second-order valence-electron chi connectivity index (χ2n) is 6.97. The lowest BCUT2D eigenvalue weighted by Crippen LogP contribution is -2.26. The second kappa shape index (κ2) is 6.76. The van der Waals surface area contributed by atoms with Gasteiger partial charge in [-0.2, -0.15) is 5.10 Å². The van der Waals surface area contributed by atoms with Crippen LogP contribution in [0.3, 0.4) is 0 Å². The van der Waals surface area contributed by atoms with Crippen molar-refractivity contribution in [2.45, 2.75) is 19.9 Å². The van der Waals surface area contributed by atoms with E-state index in [0.717, 1.165) is 27.7 Å². The minimum Gasteiger partial charge on any atom is -0.350 e. The van der Waals surface area contributed by atoms with Gasteiger partial charge in [-0.25, -0.2) is 0 Å². The summed E-state index contributed by atoms with van der Waals surface area (Å²) in [5.74, 6) is -0.0728. The molecule has 2 aromatic heterocycles. The molecule has 0 aliphatic rings. The Hall–Kier alpha value is -3.34. The standard InChI is InChI=1S/C22H22N4O/c1-14-5-4-6-16(11-14)15(2)24-22(27)19-13-26(3)21-8-7-17(12-18(19)21)20-9-10-23-25-20/h4-13,15H,1-3H3,(H,23,25)(H,24,27)/t15-/m0/s1. The molecule has 0 fully saturated rings. The van der Waals surface area contributed by atoms with Gasteiger partial charge in [-0.15, -0.1) is 0 Å². The number of aromatic amines is 1. The van der Waals surface area contributed by atoms with Gasteiger partial charge in [0.2, 0.25) is 0 Å². The Bertz CT molecular complexity index is 1110. The van der Waals surface area contributed by atoms with E-state index in [0.29, 0.717) is 5.56 Å². The largest absolute Gasteiger partial charge is 0.350 e. The number of aromatic nitrogens is 3. The summed E-state index contributed by atoms with van der Waals surface area (Å²) in [4.78, 5) is 13.0. The first-order valence-corrected chi connectivity index (χ1v) is 8.99. The Kier molecular flexibility index (Phi) is 4.28. The van der Waals surface area contributed by atoms with E-state index in [-0.39, 0.29) is 11.9 Å². The molecule has 0 aliphatic carbocycles. The molecule has 0 saturated carbocycles. The first-order chi connectivity index (χ1) is 13.0. The van der Waals surface area contributed by atoms with Crippen LogP contribution in [0.2, 0.25) is 0 Å². The highest BCUT2D eigenvalue weighted by atomic mass is 16.1. The number of amides is 1. The van der Waals surface area contributed by atoms with Crippen LogP contribution in [-0.4, -0.2) is 20.7 Å². The van der Waals surface area contributed by atoms with Gasteiger partial charge in [0.25, 0.3) is 5.91 Å². The Labute approximate surface area is 158 Å². The summed E-state index contributed by atoms with van der Waals surface area (Å²) >= 11 is 0. The van der Waals surface area contributed by atoms with Crippen molar-refractivity contribution in [3.63, 3.8) is 0 Å². The molecule has 4 aromatic rings. The van der Waals surface area contributed by atoms with Gasteiger partial charge >= 0.3 is 0 Å². The lowest BCUT2D eigenvalue weighted by atomic mass is 10.0. The minimum atomic E-state index is -0.0728. The average molecular weight is 358 g/mol. The molecule has 1 atom stereocenters. The van der Waals surface area contributed by atoms with Crippen molar-refractivity contribution in [2.75, 3.05) is 0 Å². The Balaban J connectivity index is 1.68. The molecule has 2 N–H and O–H groups in total. The molecule has 2 aromatic carbocycles. The van der Waals surface area contributed by atoms with E-state index in [9.17, 15) is 4.79 Å². The number of nitrogens with one attached hydrogen (secondary N) is 2. The molecule has 5 nitrogen and oxygen atoms in total. The van der Waals surface area contributed by atoms with Gasteiger partial charge in [-0.1, -0.05) is 35.9 Å². The van der Waals surface area contributed by atoms with Gasteiger partial charge in [-0.05, 0) is 37.6 Å². The van der Waals surface area contributed by atoms with Crippen LogP contribution in [0.1, 0.15) is 34.5 Å². The Morgan fingerprint density at radius 3 is 2.78 bits per heavy atom. The number of carbonyl (C=O) groups excluding carboxylic acids is 1. The van der Waals surface area contributed by atoms with Gasteiger partial charge in [-0.3, -0.25) is 9.89 Å². The summed E-state index contributed by atoms with van der Waals surface area (Å²) in [6.07, 6.45) is 3.61. The van der Waals surface area contributed by atoms with Crippen molar-refractivity contribution in [3.05, 3.63) is 77.6 Å². The SMILES string of the molecule is Cc1cccc([C@H](C)NC(=O)c2cn(C)c3ccc(-c4ccn[nH]4)cc23)c1. The molecule has 0 unspecified atom stereocenters. The molecular formula is C22H22N4O. The zero-order chi connectivity index (χ0) is 19.0. The van der Waals surface area contributed by atoms with E-state index in [1.807, 2.05) is 61.1 Å². The Morgan fingerprint density at radius 1 is 1.19 bits per heavy atom. The molecule has 136 valence electrons. The summed E-state index contributed by atoms with van der Waals surface area (Å²) in [7, 11) is 1.96. The molecule has 0 bridgehead atoms. The van der Waals surface area contributed by atoms with Gasteiger partial charge in [0, 0.05) is 35.9 Å². The predicted molar refractivity (Wildman–Crippen MR) is 108 cm³/mol. The molecule has 0 spiro atoms. The maximum atomic E-state index is 13.0. The number of carbonyl (C=O) groups is 1. The van der Waals surface area contributed by atoms with Crippen molar-refractivity contribution >= 4 is 16.8 Å². The topological polar surface area (TPSA) is 62.7 Å². The predicted octanol–water partition coefficient (Wildman–Crippen LogP) is 4.37. The third-order valence-electron chi connectivity index (χ3n) is 4.94. The fourth-order valence-electron chi connectivity index (χ4n) is 3.45. The van der Waals surface area contributed by atoms with Gasteiger partial charge in [0.15, 0.2) is 0 Å². The van der Waals surface area contributed by atoms with E-state index in [1.54, 1.807) is 6.20 Å². The van der Waals surface area contributed by atoms with Crippen LogP contribution in [0.25, 0.3) is 22.2 Å². The summed E-state index contributed by atoms with van der Waals surface area (Å²) in [6.45, 7) is 4.06. The van der Waals surface area contributed by atoms with Crippen LogP contribution in [0.15, 0.2) is 60.9 Å². The van der Waals surface area contributed by atoms with Crippen molar-refractivity contribution in [3.8, 4) is 11.3 Å². The molecule has 2 heterocycles. The second-order valence-corrected chi connectivity index (χ2v) is 6.97. The highest BCUT2D eigenvalue weighted by molar-refractivity contribution is 6.08. The first kappa shape index (κ1) is 17.1. The lowest BCUT2D eigenvalue weighted by Gasteiger charge is -2.14. The van der Waals surface area contributed by atoms with E-state index in [1.165, 1.54) is 5.56 Å². The van der Waals surface area contributed by atoms with Gasteiger partial charge in [0.05, 0.1) is 17.3 Å². The zero-order valence-electron chi connectivity index (χ0n) is 15.7. The molecule has 0 aliphatic heterocycles. The Morgan fingerprint density at radius 2 is 2.04 bits per heavy atom. The molecule has 27 heavy (non-hydrogen) atoms. The number of rotatable bonds is 4. The van der Waals surface area contributed by atoms with Crippen LogP contribution in [0.5, 0.6) is 0 Å². The van der Waals surface area contributed by atoms with Crippen LogP contribution >= 0.6 is 0 Å². The number of aryl methyl sites for hydroxylation is 2. The van der Waals surface area contributed by atoms with Crippen molar-refractivity contribution < 1.29 is 4.79 Å². The smallest absolute Gasteiger partial charge is 0.253 e. The third-order valence-corrected chi connectivity index (χ3v) is 4.94. The summed E-state index contributed by atoms with van der Waals surface area (Å²) in [6, 6.07) is 16.2. The summed E-state index contributed by atoms with van der Waals surface area (Å²) < 4.78 is 1.98. The highest BCUT2D eigenvalue weighted by Crippen LogP contribution is 2.27. The minimum absolute atomic E-state index is 0.0663. The van der Waals surface area contributed by atoms with Crippen LogP contribution < -0.4 is 5.32 Å². The third kappa shape index (κ3) is 3.24. The quantitative estimate of drug-likeness (QED) is 0.569. The molecular weight excluding hydrogens is 336 g/mol. The summed E-state index contributed by atoms with van der Waals surface area (Å²) in [5, 5.41) is 11.0. The fraction of sp³-hybridized carbons (Fsp3) is 0.182. The molecule has 1 amide bonds. The molecule has 5 heteroatoms. The van der Waals surface area contributed by atoms with E-state index in [2.05, 4.69) is 34.6 Å². The summed E-state index contributed by atoms with van der Waals surface area (Å²) in [5.41, 5.74) is 5.91. The zero-order valence-corrected chi connectivity index (χ0v) is 15.7. The van der Waals surface area contributed by atoms with E-state index >= 15 is 0 Å². The average Bonchev–Trinajstić information content (AvgIpc) is 3.30. The number of benzene rings is 2. The number of fused-ring (bicyclic) bond motifs is 1. The fourth-order valence-corrected chi connectivity index (χ4v) is 3.45. The molecule has 0 saturated heterocycles. The van der Waals surface area contributed by atoms with Crippen molar-refractivity contribution in [1.82, 2.24) is 20.1 Å². The number of nitrogens with zero attached hydrogens (tertiary/aromatic N) is 2. The number of hydrogen-bond acceptors (Lipinski definition) is 2. The van der Waals surface area contributed by atoms with Gasteiger partial charge < -0.3 is 9.88 Å². The van der Waals surface area contributed by atoms with E-state index < -0.39 is 0 Å². The van der Waals surface area contributed by atoms with Crippen LogP contribution in [0.4, 0.5) is 0 Å². The first-order valence-electron chi connectivity index (χ1n) is 8.99.